The Kier molecular flexibility index (Phi) is 3.99. The first-order chi connectivity index (χ1) is 8.90. The molecule has 1 aromatic heterocycles. The van der Waals surface area contributed by atoms with E-state index in [4.69, 9.17) is 5.73 Å². The van der Waals surface area contributed by atoms with Gasteiger partial charge in [-0.05, 0) is 37.5 Å². The van der Waals surface area contributed by atoms with Crippen LogP contribution >= 0.6 is 15.9 Å². The smallest absolute Gasteiger partial charge is 0.131 e. The zero-order chi connectivity index (χ0) is 14.2. The number of nitrogens with zero attached hydrogens (tertiary/aromatic N) is 2. The van der Waals surface area contributed by atoms with Gasteiger partial charge in [0.2, 0.25) is 0 Å². The highest BCUT2D eigenvalue weighted by Crippen LogP contribution is 2.29. The monoisotopic (exact) mass is 321 g/mol. The minimum absolute atomic E-state index is 0.551. The molecule has 4 heteroatoms. The van der Waals surface area contributed by atoms with Crippen LogP contribution in [0.15, 0.2) is 22.7 Å². The molecule has 0 unspecified atom stereocenters. The standard InChI is InChI=1S/C15H20BrN3/c1-9(2)8-19-11(4)18-14(15(19)17)12-5-6-13(16)10(3)7-12/h5-7,9H,8,17H2,1-4H3. The van der Waals surface area contributed by atoms with E-state index in [-0.39, 0.29) is 0 Å². The molecule has 0 aliphatic rings. The Morgan fingerprint density at radius 2 is 2.00 bits per heavy atom. The van der Waals surface area contributed by atoms with E-state index in [0.717, 1.165) is 33.9 Å². The average Bonchev–Trinajstić information content (AvgIpc) is 2.60. The Morgan fingerprint density at radius 3 is 2.58 bits per heavy atom. The van der Waals surface area contributed by atoms with Gasteiger partial charge in [-0.3, -0.25) is 0 Å². The van der Waals surface area contributed by atoms with Crippen LogP contribution in [0.4, 0.5) is 5.82 Å². The number of anilines is 1. The quantitative estimate of drug-likeness (QED) is 0.922. The molecule has 2 N–H and O–H groups in total. The largest absolute Gasteiger partial charge is 0.383 e. The van der Waals surface area contributed by atoms with Gasteiger partial charge in [0.05, 0.1) is 0 Å². The van der Waals surface area contributed by atoms with Gasteiger partial charge in [-0.1, -0.05) is 35.8 Å². The number of benzene rings is 1. The van der Waals surface area contributed by atoms with Gasteiger partial charge in [0.1, 0.15) is 17.3 Å². The predicted octanol–water partition coefficient (Wildman–Crippen LogP) is 4.17. The van der Waals surface area contributed by atoms with Gasteiger partial charge < -0.3 is 10.3 Å². The first kappa shape index (κ1) is 14.1. The van der Waals surface area contributed by atoms with Crippen LogP contribution in [0.25, 0.3) is 11.3 Å². The van der Waals surface area contributed by atoms with Crippen LogP contribution in [0, 0.1) is 19.8 Å². The summed E-state index contributed by atoms with van der Waals surface area (Å²) >= 11 is 3.52. The number of rotatable bonds is 3. The fourth-order valence-corrected chi connectivity index (χ4v) is 2.43. The molecule has 0 fully saturated rings. The normalized spacial score (nSPS) is 11.3. The summed E-state index contributed by atoms with van der Waals surface area (Å²) < 4.78 is 3.20. The van der Waals surface area contributed by atoms with Crippen LogP contribution < -0.4 is 5.73 Å². The van der Waals surface area contributed by atoms with Crippen molar-refractivity contribution in [3.8, 4) is 11.3 Å². The number of nitrogens with two attached hydrogens (primary N) is 1. The lowest BCUT2D eigenvalue weighted by Gasteiger charge is -2.10. The summed E-state index contributed by atoms with van der Waals surface area (Å²) in [6.07, 6.45) is 0. The number of aryl methyl sites for hydroxylation is 2. The molecular weight excluding hydrogens is 302 g/mol. The second-order valence-corrected chi connectivity index (χ2v) is 6.22. The van der Waals surface area contributed by atoms with Crippen LogP contribution in [0.1, 0.15) is 25.2 Å². The topological polar surface area (TPSA) is 43.8 Å². The van der Waals surface area contributed by atoms with Crippen LogP contribution in [0.5, 0.6) is 0 Å². The van der Waals surface area contributed by atoms with Gasteiger partial charge in [-0.2, -0.15) is 0 Å². The summed E-state index contributed by atoms with van der Waals surface area (Å²) in [6.45, 7) is 9.35. The average molecular weight is 322 g/mol. The van der Waals surface area contributed by atoms with Gasteiger partial charge in [-0.25, -0.2) is 4.98 Å². The van der Waals surface area contributed by atoms with Crippen molar-refractivity contribution in [2.45, 2.75) is 34.2 Å². The van der Waals surface area contributed by atoms with Crippen molar-refractivity contribution >= 4 is 21.7 Å². The summed E-state index contributed by atoms with van der Waals surface area (Å²) in [7, 11) is 0. The van der Waals surface area contributed by atoms with Gasteiger partial charge in [0.25, 0.3) is 0 Å². The molecule has 0 aliphatic heterocycles. The fraction of sp³-hybridized carbons (Fsp3) is 0.400. The molecule has 0 amide bonds. The van der Waals surface area contributed by atoms with E-state index in [1.54, 1.807) is 0 Å². The Bertz CT molecular complexity index is 600. The van der Waals surface area contributed by atoms with Crippen molar-refractivity contribution in [3.05, 3.63) is 34.1 Å². The van der Waals surface area contributed by atoms with Crippen LogP contribution in [-0.2, 0) is 6.54 Å². The third-order valence-electron chi connectivity index (χ3n) is 3.18. The highest BCUT2D eigenvalue weighted by atomic mass is 79.9. The maximum absolute atomic E-state index is 6.26. The third-order valence-corrected chi connectivity index (χ3v) is 4.07. The third kappa shape index (κ3) is 2.84. The molecule has 0 spiro atoms. The molecule has 2 rings (SSSR count). The number of aromatic nitrogens is 2. The Morgan fingerprint density at radius 1 is 1.32 bits per heavy atom. The molecule has 0 atom stereocenters. The van der Waals surface area contributed by atoms with Crippen LogP contribution in [0.2, 0.25) is 0 Å². The molecule has 1 heterocycles. The molecule has 3 nitrogen and oxygen atoms in total. The Labute approximate surface area is 123 Å². The van der Waals surface area contributed by atoms with Gasteiger partial charge in [0.15, 0.2) is 0 Å². The lowest BCUT2D eigenvalue weighted by molar-refractivity contribution is 0.518. The van der Waals surface area contributed by atoms with E-state index in [1.807, 2.05) is 13.0 Å². The van der Waals surface area contributed by atoms with Crippen molar-refractivity contribution in [3.63, 3.8) is 0 Å². The van der Waals surface area contributed by atoms with E-state index in [1.165, 1.54) is 5.56 Å². The van der Waals surface area contributed by atoms with Crippen molar-refractivity contribution in [1.29, 1.82) is 0 Å². The molecule has 102 valence electrons. The molecule has 0 saturated heterocycles. The first-order valence-corrected chi connectivity index (χ1v) is 7.28. The van der Waals surface area contributed by atoms with Crippen molar-refractivity contribution < 1.29 is 0 Å². The van der Waals surface area contributed by atoms with Crippen molar-refractivity contribution in [2.24, 2.45) is 5.92 Å². The van der Waals surface area contributed by atoms with E-state index in [9.17, 15) is 0 Å². The fourth-order valence-electron chi connectivity index (χ4n) is 2.18. The zero-order valence-corrected chi connectivity index (χ0v) is 13.5. The molecule has 2 aromatic rings. The summed E-state index contributed by atoms with van der Waals surface area (Å²) in [6, 6.07) is 6.21. The zero-order valence-electron chi connectivity index (χ0n) is 11.9. The molecule has 0 saturated carbocycles. The SMILES string of the molecule is Cc1cc(-c2nc(C)n(CC(C)C)c2N)ccc1Br. The van der Waals surface area contributed by atoms with Gasteiger partial charge in [0, 0.05) is 16.6 Å². The van der Waals surface area contributed by atoms with Crippen LogP contribution in [0.3, 0.4) is 0 Å². The molecule has 0 aliphatic carbocycles. The molecule has 1 aromatic carbocycles. The van der Waals surface area contributed by atoms with Crippen molar-refractivity contribution in [2.75, 3.05) is 5.73 Å². The van der Waals surface area contributed by atoms with Crippen molar-refractivity contribution in [1.82, 2.24) is 9.55 Å². The predicted molar refractivity (Wildman–Crippen MR) is 84.1 cm³/mol. The summed E-state index contributed by atoms with van der Waals surface area (Å²) in [5.74, 6) is 2.28. The van der Waals surface area contributed by atoms with Gasteiger partial charge in [-0.15, -0.1) is 0 Å². The minimum Gasteiger partial charge on any atom is -0.383 e. The molecule has 19 heavy (non-hydrogen) atoms. The first-order valence-electron chi connectivity index (χ1n) is 6.49. The van der Waals surface area contributed by atoms with E-state index >= 15 is 0 Å². The second-order valence-electron chi connectivity index (χ2n) is 5.36. The maximum Gasteiger partial charge on any atom is 0.131 e. The number of hydrogen-bond acceptors (Lipinski definition) is 2. The second kappa shape index (κ2) is 5.37. The van der Waals surface area contributed by atoms with Gasteiger partial charge >= 0.3 is 0 Å². The highest BCUT2D eigenvalue weighted by molar-refractivity contribution is 9.10. The number of nitrogen functional groups attached to an aromatic ring is 1. The maximum atomic E-state index is 6.26. The lowest BCUT2D eigenvalue weighted by Crippen LogP contribution is -2.09. The Hall–Kier alpha value is -1.29. The lowest BCUT2D eigenvalue weighted by atomic mass is 10.1. The Balaban J connectivity index is 2.48. The van der Waals surface area contributed by atoms with E-state index in [0.29, 0.717) is 5.92 Å². The number of imidazole rings is 1. The molecule has 0 radical (unpaired) electrons. The van der Waals surface area contributed by atoms with E-state index < -0.39 is 0 Å². The highest BCUT2D eigenvalue weighted by Gasteiger charge is 2.14. The summed E-state index contributed by atoms with van der Waals surface area (Å²) in [5, 5.41) is 0. The summed E-state index contributed by atoms with van der Waals surface area (Å²) in [4.78, 5) is 4.63. The van der Waals surface area contributed by atoms with Crippen LogP contribution in [-0.4, -0.2) is 9.55 Å². The molecular formula is C15H20BrN3. The number of hydrogen-bond donors (Lipinski definition) is 1. The summed E-state index contributed by atoms with van der Waals surface area (Å²) in [5.41, 5.74) is 9.41. The molecule has 0 bridgehead atoms. The minimum atomic E-state index is 0.551. The van der Waals surface area contributed by atoms with E-state index in [2.05, 4.69) is 58.4 Å². The number of halogens is 1.